The fraction of sp³-hybridized carbons (Fsp3) is 0.750. The molecule has 2 nitrogen and oxygen atoms in total. The van der Waals surface area contributed by atoms with E-state index < -0.39 is 0 Å². The minimum Gasteiger partial charge on any atom is -0.343 e. The van der Waals surface area contributed by atoms with Crippen molar-refractivity contribution in [3.63, 3.8) is 0 Å². The fourth-order valence-corrected chi connectivity index (χ4v) is 1.06. The highest BCUT2D eigenvalue weighted by Crippen LogP contribution is 2.18. The molecule has 1 rings (SSSR count). The number of hydrogen-bond acceptors (Lipinski definition) is 1. The van der Waals surface area contributed by atoms with E-state index in [1.165, 1.54) is 0 Å². The molecular formula is C4H6INO. The Labute approximate surface area is 55.8 Å². The molecule has 7 heavy (non-hydrogen) atoms. The van der Waals surface area contributed by atoms with Crippen molar-refractivity contribution in [3.8, 4) is 0 Å². The largest absolute Gasteiger partial charge is 0.343 e. The smallest absolute Gasteiger partial charge is 0.226 e. The van der Waals surface area contributed by atoms with E-state index in [9.17, 15) is 4.79 Å². The average molecular weight is 211 g/mol. The number of carbonyl (C=O) groups is 1. The van der Waals surface area contributed by atoms with Gasteiger partial charge in [-0.15, -0.1) is 0 Å². The SMILES string of the molecule is CC1C(=O)NC1I. The number of alkyl halides is 1. The van der Waals surface area contributed by atoms with E-state index in [1.807, 2.05) is 6.92 Å². The molecule has 2 atom stereocenters. The van der Waals surface area contributed by atoms with Crippen LogP contribution in [0.1, 0.15) is 6.92 Å². The number of rotatable bonds is 0. The first-order valence-electron chi connectivity index (χ1n) is 2.16. The van der Waals surface area contributed by atoms with Gasteiger partial charge in [0.05, 0.1) is 9.97 Å². The molecule has 1 saturated heterocycles. The molecule has 2 unspecified atom stereocenters. The van der Waals surface area contributed by atoms with Crippen LogP contribution in [-0.4, -0.2) is 9.96 Å². The Hall–Kier alpha value is 0.200. The zero-order chi connectivity index (χ0) is 5.44. The Morgan fingerprint density at radius 1 is 1.86 bits per heavy atom. The number of nitrogens with one attached hydrogen (secondary N) is 1. The molecule has 1 heterocycles. The molecule has 1 fully saturated rings. The molecule has 0 spiro atoms. The van der Waals surface area contributed by atoms with Crippen LogP contribution in [0.2, 0.25) is 0 Å². The molecule has 1 amide bonds. The predicted octanol–water partition coefficient (Wildman–Crippen LogP) is 0.513. The lowest BCUT2D eigenvalue weighted by Gasteiger charge is -2.28. The standard InChI is InChI=1S/C4H6INO/c1-2-3(5)6-4(2)7/h2-3H,1H3,(H,6,7). The number of β-lactam (4-membered cyclic amide) rings is 1. The summed E-state index contributed by atoms with van der Waals surface area (Å²) >= 11 is 2.20. The van der Waals surface area contributed by atoms with E-state index >= 15 is 0 Å². The van der Waals surface area contributed by atoms with Crippen molar-refractivity contribution in [1.29, 1.82) is 0 Å². The van der Waals surface area contributed by atoms with E-state index in [0.717, 1.165) is 0 Å². The van der Waals surface area contributed by atoms with E-state index in [4.69, 9.17) is 0 Å². The third kappa shape index (κ3) is 0.735. The Kier molecular flexibility index (Phi) is 1.23. The normalized spacial score (nSPS) is 39.4. The lowest BCUT2D eigenvalue weighted by Crippen LogP contribution is -2.52. The van der Waals surface area contributed by atoms with Crippen molar-refractivity contribution in [1.82, 2.24) is 5.32 Å². The van der Waals surface area contributed by atoms with Gasteiger partial charge in [0.2, 0.25) is 5.91 Å². The predicted molar refractivity (Wildman–Crippen MR) is 35.1 cm³/mol. The number of hydrogen-bond donors (Lipinski definition) is 1. The molecule has 3 heteroatoms. The molecule has 1 N–H and O–H groups in total. The molecule has 0 aromatic rings. The van der Waals surface area contributed by atoms with Crippen molar-refractivity contribution < 1.29 is 4.79 Å². The summed E-state index contributed by atoms with van der Waals surface area (Å²) in [7, 11) is 0. The first-order valence-corrected chi connectivity index (χ1v) is 3.41. The zero-order valence-corrected chi connectivity index (χ0v) is 6.10. The van der Waals surface area contributed by atoms with Crippen LogP contribution in [0.4, 0.5) is 0 Å². The summed E-state index contributed by atoms with van der Waals surface area (Å²) in [5.41, 5.74) is 0. The van der Waals surface area contributed by atoms with Gasteiger partial charge in [-0.25, -0.2) is 0 Å². The van der Waals surface area contributed by atoms with Gasteiger partial charge >= 0.3 is 0 Å². The van der Waals surface area contributed by atoms with Crippen LogP contribution in [0.25, 0.3) is 0 Å². The molecule has 40 valence electrons. The Bertz CT molecular complexity index is 104. The number of carbonyl (C=O) groups excluding carboxylic acids is 1. The van der Waals surface area contributed by atoms with Crippen LogP contribution in [-0.2, 0) is 4.79 Å². The third-order valence-corrected chi connectivity index (χ3v) is 2.52. The van der Waals surface area contributed by atoms with Gasteiger partial charge < -0.3 is 5.32 Å². The second-order valence-electron chi connectivity index (χ2n) is 1.70. The van der Waals surface area contributed by atoms with Crippen LogP contribution >= 0.6 is 22.6 Å². The quantitative estimate of drug-likeness (QED) is 0.269. The Balaban J connectivity index is 2.43. The van der Waals surface area contributed by atoms with Gasteiger partial charge in [-0.3, -0.25) is 4.79 Å². The van der Waals surface area contributed by atoms with Crippen LogP contribution in [0, 0.1) is 5.92 Å². The summed E-state index contributed by atoms with van der Waals surface area (Å²) in [6, 6.07) is 0. The molecular weight excluding hydrogens is 205 g/mol. The molecule has 1 aliphatic heterocycles. The van der Waals surface area contributed by atoms with Crippen molar-refractivity contribution >= 4 is 28.5 Å². The summed E-state index contributed by atoms with van der Waals surface area (Å²) in [6.45, 7) is 1.93. The summed E-state index contributed by atoms with van der Waals surface area (Å²) < 4.78 is 0.380. The van der Waals surface area contributed by atoms with Crippen LogP contribution < -0.4 is 5.32 Å². The topological polar surface area (TPSA) is 29.1 Å². The fourth-order valence-electron chi connectivity index (χ4n) is 0.429. The molecule has 0 aromatic carbocycles. The van der Waals surface area contributed by atoms with Crippen molar-refractivity contribution in [2.75, 3.05) is 0 Å². The maximum absolute atomic E-state index is 10.3. The van der Waals surface area contributed by atoms with E-state index in [-0.39, 0.29) is 11.8 Å². The summed E-state index contributed by atoms with van der Waals surface area (Å²) in [5.74, 6) is 0.417. The second kappa shape index (κ2) is 1.61. The molecule has 0 aromatic heterocycles. The van der Waals surface area contributed by atoms with E-state index in [0.29, 0.717) is 4.05 Å². The van der Waals surface area contributed by atoms with Crippen LogP contribution in [0.5, 0.6) is 0 Å². The molecule has 0 aliphatic carbocycles. The number of amides is 1. The minimum absolute atomic E-state index is 0.180. The van der Waals surface area contributed by atoms with Gasteiger partial charge in [0.15, 0.2) is 0 Å². The molecule has 1 aliphatic rings. The highest BCUT2D eigenvalue weighted by molar-refractivity contribution is 14.1. The maximum atomic E-state index is 10.3. The molecule has 0 saturated carbocycles. The molecule has 0 bridgehead atoms. The highest BCUT2D eigenvalue weighted by atomic mass is 127. The van der Waals surface area contributed by atoms with Gasteiger partial charge in [0.1, 0.15) is 0 Å². The first kappa shape index (κ1) is 5.34. The van der Waals surface area contributed by atoms with Gasteiger partial charge in [-0.2, -0.15) is 0 Å². The summed E-state index contributed by atoms with van der Waals surface area (Å²) in [6.07, 6.45) is 0. The van der Waals surface area contributed by atoms with Gasteiger partial charge in [0.25, 0.3) is 0 Å². The lowest BCUT2D eigenvalue weighted by atomic mass is 10.1. The third-order valence-electron chi connectivity index (χ3n) is 1.13. The van der Waals surface area contributed by atoms with Crippen molar-refractivity contribution in [2.45, 2.75) is 11.0 Å². The Morgan fingerprint density at radius 3 is 2.43 bits per heavy atom. The van der Waals surface area contributed by atoms with Crippen molar-refractivity contribution in [2.24, 2.45) is 5.92 Å². The van der Waals surface area contributed by atoms with Gasteiger partial charge in [-0.05, 0) is 0 Å². The van der Waals surface area contributed by atoms with Crippen molar-refractivity contribution in [3.05, 3.63) is 0 Å². The minimum atomic E-state index is 0.180. The number of halogens is 1. The Morgan fingerprint density at radius 2 is 2.43 bits per heavy atom. The van der Waals surface area contributed by atoms with Gasteiger partial charge in [0, 0.05) is 0 Å². The monoisotopic (exact) mass is 211 g/mol. The molecule has 0 radical (unpaired) electrons. The summed E-state index contributed by atoms with van der Waals surface area (Å²) in [4.78, 5) is 10.3. The zero-order valence-electron chi connectivity index (χ0n) is 3.94. The highest BCUT2D eigenvalue weighted by Gasteiger charge is 2.32. The van der Waals surface area contributed by atoms with E-state index in [1.54, 1.807) is 0 Å². The van der Waals surface area contributed by atoms with Crippen LogP contribution in [0.15, 0.2) is 0 Å². The van der Waals surface area contributed by atoms with Crippen LogP contribution in [0.3, 0.4) is 0 Å². The second-order valence-corrected chi connectivity index (χ2v) is 3.04. The van der Waals surface area contributed by atoms with E-state index in [2.05, 4.69) is 27.9 Å². The first-order chi connectivity index (χ1) is 3.22. The average Bonchev–Trinajstić information content (AvgIpc) is 1.68. The maximum Gasteiger partial charge on any atom is 0.226 e. The summed E-state index contributed by atoms with van der Waals surface area (Å²) in [5, 5.41) is 2.70. The van der Waals surface area contributed by atoms with Gasteiger partial charge in [-0.1, -0.05) is 29.5 Å². The lowest BCUT2D eigenvalue weighted by molar-refractivity contribution is -0.130.